The van der Waals surface area contributed by atoms with Crippen LogP contribution in [0.15, 0.2) is 36.4 Å². The fourth-order valence-corrected chi connectivity index (χ4v) is 3.31. The SMILES string of the molecule is CCCNC(=O)C1CCN(C(=O)c2ccc3cccc(O)c3c2)CC1. The first-order chi connectivity index (χ1) is 12.1. The standard InChI is InChI=1S/C20H24N2O3/c1-2-10-21-19(24)15-8-11-22(12-9-15)20(25)16-7-6-14-4-3-5-18(23)17(14)13-16/h3-7,13,15,23H,2,8-12H2,1H3,(H,21,24). The summed E-state index contributed by atoms with van der Waals surface area (Å²) in [7, 11) is 0. The second kappa shape index (κ2) is 7.55. The molecule has 132 valence electrons. The van der Waals surface area contributed by atoms with E-state index >= 15 is 0 Å². The van der Waals surface area contributed by atoms with Crippen LogP contribution in [0.3, 0.4) is 0 Å². The van der Waals surface area contributed by atoms with Crippen LogP contribution in [0, 0.1) is 5.92 Å². The summed E-state index contributed by atoms with van der Waals surface area (Å²) >= 11 is 0. The number of nitrogens with zero attached hydrogens (tertiary/aromatic N) is 1. The number of likely N-dealkylation sites (tertiary alicyclic amines) is 1. The normalized spacial score (nSPS) is 15.3. The van der Waals surface area contributed by atoms with Gasteiger partial charge >= 0.3 is 0 Å². The van der Waals surface area contributed by atoms with Crippen molar-refractivity contribution >= 4 is 22.6 Å². The van der Waals surface area contributed by atoms with Crippen molar-refractivity contribution in [1.82, 2.24) is 10.2 Å². The molecule has 0 aromatic heterocycles. The lowest BCUT2D eigenvalue weighted by Gasteiger charge is -2.31. The Balaban J connectivity index is 1.67. The molecular formula is C20H24N2O3. The van der Waals surface area contributed by atoms with Crippen LogP contribution in [-0.4, -0.2) is 41.5 Å². The van der Waals surface area contributed by atoms with E-state index in [1.165, 1.54) is 0 Å². The van der Waals surface area contributed by atoms with Crippen molar-refractivity contribution in [3.05, 3.63) is 42.0 Å². The highest BCUT2D eigenvalue weighted by Crippen LogP contribution is 2.26. The molecule has 2 amide bonds. The molecule has 0 aliphatic carbocycles. The van der Waals surface area contributed by atoms with E-state index in [0.29, 0.717) is 43.4 Å². The number of piperidine rings is 1. The third-order valence-corrected chi connectivity index (χ3v) is 4.81. The Morgan fingerprint density at radius 1 is 1.20 bits per heavy atom. The van der Waals surface area contributed by atoms with E-state index in [2.05, 4.69) is 5.32 Å². The maximum atomic E-state index is 12.7. The third-order valence-electron chi connectivity index (χ3n) is 4.81. The number of fused-ring (bicyclic) bond motifs is 1. The van der Waals surface area contributed by atoms with Crippen molar-refractivity contribution in [3.8, 4) is 5.75 Å². The number of aromatic hydroxyl groups is 1. The van der Waals surface area contributed by atoms with E-state index in [1.807, 2.05) is 19.1 Å². The summed E-state index contributed by atoms with van der Waals surface area (Å²) in [6.07, 6.45) is 2.32. The highest BCUT2D eigenvalue weighted by Gasteiger charge is 2.27. The summed E-state index contributed by atoms with van der Waals surface area (Å²) in [5.41, 5.74) is 0.572. The summed E-state index contributed by atoms with van der Waals surface area (Å²) in [6, 6.07) is 10.7. The number of rotatable bonds is 4. The summed E-state index contributed by atoms with van der Waals surface area (Å²) in [6.45, 7) is 3.91. The fourth-order valence-electron chi connectivity index (χ4n) is 3.31. The number of carbonyl (C=O) groups excluding carboxylic acids is 2. The molecule has 2 N–H and O–H groups in total. The van der Waals surface area contributed by atoms with Crippen molar-refractivity contribution < 1.29 is 14.7 Å². The molecule has 2 aromatic rings. The zero-order valence-electron chi connectivity index (χ0n) is 14.5. The number of nitrogens with one attached hydrogen (secondary N) is 1. The number of carbonyl (C=O) groups is 2. The van der Waals surface area contributed by atoms with Gasteiger partial charge in [0.15, 0.2) is 0 Å². The molecule has 5 nitrogen and oxygen atoms in total. The molecule has 0 spiro atoms. The predicted molar refractivity (Wildman–Crippen MR) is 97.5 cm³/mol. The van der Waals surface area contributed by atoms with Gasteiger partial charge in [0.25, 0.3) is 5.91 Å². The van der Waals surface area contributed by atoms with Crippen LogP contribution in [0.2, 0.25) is 0 Å². The van der Waals surface area contributed by atoms with Gasteiger partial charge in [-0.25, -0.2) is 0 Å². The van der Waals surface area contributed by atoms with Crippen LogP contribution in [0.4, 0.5) is 0 Å². The number of phenols is 1. The minimum Gasteiger partial charge on any atom is -0.507 e. The van der Waals surface area contributed by atoms with E-state index < -0.39 is 0 Å². The molecule has 0 radical (unpaired) electrons. The van der Waals surface area contributed by atoms with Crippen molar-refractivity contribution in [2.75, 3.05) is 19.6 Å². The van der Waals surface area contributed by atoms with Gasteiger partial charge in [0.2, 0.25) is 5.91 Å². The molecule has 1 saturated heterocycles. The Hall–Kier alpha value is -2.56. The van der Waals surface area contributed by atoms with Gasteiger partial charge in [0, 0.05) is 36.5 Å². The van der Waals surface area contributed by atoms with Crippen molar-refractivity contribution in [1.29, 1.82) is 0 Å². The second-order valence-corrected chi connectivity index (χ2v) is 6.57. The van der Waals surface area contributed by atoms with Gasteiger partial charge < -0.3 is 15.3 Å². The van der Waals surface area contributed by atoms with Crippen LogP contribution in [-0.2, 0) is 4.79 Å². The first kappa shape index (κ1) is 17.3. The fraction of sp³-hybridized carbons (Fsp3) is 0.400. The van der Waals surface area contributed by atoms with Gasteiger partial charge in [-0.05, 0) is 42.8 Å². The molecule has 1 heterocycles. The maximum absolute atomic E-state index is 12.7. The van der Waals surface area contributed by atoms with Gasteiger partial charge in [-0.15, -0.1) is 0 Å². The minimum atomic E-state index is -0.0439. The molecule has 0 saturated carbocycles. The topological polar surface area (TPSA) is 69.6 Å². The average molecular weight is 340 g/mol. The lowest BCUT2D eigenvalue weighted by molar-refractivity contribution is -0.126. The van der Waals surface area contributed by atoms with E-state index in [0.717, 1.165) is 11.8 Å². The van der Waals surface area contributed by atoms with Crippen LogP contribution >= 0.6 is 0 Å². The molecule has 1 fully saturated rings. The maximum Gasteiger partial charge on any atom is 0.253 e. The molecule has 25 heavy (non-hydrogen) atoms. The Morgan fingerprint density at radius 2 is 1.96 bits per heavy atom. The van der Waals surface area contributed by atoms with Crippen LogP contribution in [0.1, 0.15) is 36.5 Å². The zero-order valence-corrected chi connectivity index (χ0v) is 14.5. The lowest BCUT2D eigenvalue weighted by Crippen LogP contribution is -2.43. The second-order valence-electron chi connectivity index (χ2n) is 6.57. The molecule has 1 aliphatic heterocycles. The first-order valence-electron chi connectivity index (χ1n) is 8.89. The first-order valence-corrected chi connectivity index (χ1v) is 8.89. The zero-order chi connectivity index (χ0) is 17.8. The number of amides is 2. The Kier molecular flexibility index (Phi) is 5.22. The number of benzene rings is 2. The molecule has 5 heteroatoms. The monoisotopic (exact) mass is 340 g/mol. The molecule has 2 aromatic carbocycles. The Labute approximate surface area is 147 Å². The average Bonchev–Trinajstić information content (AvgIpc) is 2.66. The van der Waals surface area contributed by atoms with Crippen LogP contribution < -0.4 is 5.32 Å². The number of phenolic OH excluding ortho intramolecular Hbond substituents is 1. The van der Waals surface area contributed by atoms with Gasteiger partial charge in [0.05, 0.1) is 0 Å². The van der Waals surface area contributed by atoms with Gasteiger partial charge in [0.1, 0.15) is 5.75 Å². The van der Waals surface area contributed by atoms with E-state index in [9.17, 15) is 14.7 Å². The van der Waals surface area contributed by atoms with Gasteiger partial charge in [-0.3, -0.25) is 9.59 Å². The molecule has 0 unspecified atom stereocenters. The predicted octanol–water partition coefficient (Wildman–Crippen LogP) is 2.92. The number of hydrogen-bond donors (Lipinski definition) is 2. The highest BCUT2D eigenvalue weighted by molar-refractivity contribution is 6.00. The molecule has 0 bridgehead atoms. The lowest BCUT2D eigenvalue weighted by atomic mass is 9.95. The molecular weight excluding hydrogens is 316 g/mol. The number of hydrogen-bond acceptors (Lipinski definition) is 3. The van der Waals surface area contributed by atoms with Crippen LogP contribution in [0.5, 0.6) is 5.75 Å². The largest absolute Gasteiger partial charge is 0.507 e. The summed E-state index contributed by atoms with van der Waals surface area (Å²) in [5.74, 6) is 0.233. The van der Waals surface area contributed by atoms with E-state index in [1.54, 1.807) is 29.2 Å². The minimum absolute atomic E-state index is 0.00347. The Morgan fingerprint density at radius 3 is 2.68 bits per heavy atom. The van der Waals surface area contributed by atoms with Crippen LogP contribution in [0.25, 0.3) is 10.8 Å². The molecule has 0 atom stereocenters. The van der Waals surface area contributed by atoms with E-state index in [4.69, 9.17) is 0 Å². The quantitative estimate of drug-likeness (QED) is 0.899. The summed E-state index contributed by atoms with van der Waals surface area (Å²) in [4.78, 5) is 26.6. The van der Waals surface area contributed by atoms with Crippen molar-refractivity contribution in [2.24, 2.45) is 5.92 Å². The highest BCUT2D eigenvalue weighted by atomic mass is 16.3. The molecule has 1 aliphatic rings. The van der Waals surface area contributed by atoms with Gasteiger partial charge in [-0.2, -0.15) is 0 Å². The Bertz CT molecular complexity index is 780. The van der Waals surface area contributed by atoms with Gasteiger partial charge in [-0.1, -0.05) is 25.1 Å². The van der Waals surface area contributed by atoms with E-state index in [-0.39, 0.29) is 23.5 Å². The smallest absolute Gasteiger partial charge is 0.253 e. The van der Waals surface area contributed by atoms with Crippen molar-refractivity contribution in [2.45, 2.75) is 26.2 Å². The third kappa shape index (κ3) is 3.76. The summed E-state index contributed by atoms with van der Waals surface area (Å²) in [5, 5.41) is 14.5. The summed E-state index contributed by atoms with van der Waals surface area (Å²) < 4.78 is 0. The molecule has 3 rings (SSSR count). The van der Waals surface area contributed by atoms with Crippen molar-refractivity contribution in [3.63, 3.8) is 0 Å².